The minimum Gasteiger partial charge on any atom is -0.368 e. The number of nitrogens with zero attached hydrogens (tertiary/aromatic N) is 4. The van der Waals surface area contributed by atoms with Gasteiger partial charge in [-0.3, -0.25) is 4.68 Å². The predicted octanol–water partition coefficient (Wildman–Crippen LogP) is 1.89. The van der Waals surface area contributed by atoms with Gasteiger partial charge in [-0.15, -0.1) is 0 Å². The second-order valence-electron chi connectivity index (χ2n) is 4.18. The van der Waals surface area contributed by atoms with Crippen molar-refractivity contribution in [3.05, 3.63) is 24.2 Å². The Morgan fingerprint density at radius 3 is 2.71 bits per heavy atom. The molecule has 2 heterocycles. The minimum absolute atomic E-state index is 0.267. The van der Waals surface area contributed by atoms with E-state index in [9.17, 15) is 0 Å². The summed E-state index contributed by atoms with van der Waals surface area (Å²) in [7, 11) is 0. The first-order valence-electron chi connectivity index (χ1n) is 5.47. The van der Waals surface area contributed by atoms with Crippen LogP contribution in [0.25, 0.3) is 0 Å². The van der Waals surface area contributed by atoms with Crippen molar-refractivity contribution in [1.82, 2.24) is 19.7 Å². The van der Waals surface area contributed by atoms with E-state index in [1.54, 1.807) is 6.20 Å². The molecular weight excluding hydrogens is 216 g/mol. The van der Waals surface area contributed by atoms with Crippen LogP contribution in [0.2, 0.25) is 0 Å². The summed E-state index contributed by atoms with van der Waals surface area (Å²) in [5.74, 6) is 0.946. The Bertz CT molecular complexity index is 496. The normalized spacial score (nSPS) is 10.8. The van der Waals surface area contributed by atoms with Crippen LogP contribution in [-0.4, -0.2) is 19.7 Å². The molecule has 0 bridgehead atoms. The highest BCUT2D eigenvalue weighted by Crippen LogP contribution is 2.16. The molecule has 0 saturated heterocycles. The van der Waals surface area contributed by atoms with Gasteiger partial charge in [-0.1, -0.05) is 0 Å². The Morgan fingerprint density at radius 2 is 2.12 bits per heavy atom. The molecule has 6 nitrogen and oxygen atoms in total. The standard InChI is InChI=1S/C11H16N6/c1-7(2)17-6-9(5-13-17)15-10-4-8(3)14-11(12)16-10/h4-7H,1-3H3,(H3,12,14,15,16). The zero-order valence-corrected chi connectivity index (χ0v) is 10.2. The maximum absolute atomic E-state index is 5.58. The molecule has 2 aromatic heterocycles. The summed E-state index contributed by atoms with van der Waals surface area (Å²) < 4.78 is 1.87. The van der Waals surface area contributed by atoms with Crippen LogP contribution >= 0.6 is 0 Å². The zero-order chi connectivity index (χ0) is 12.4. The molecule has 0 aliphatic heterocycles. The molecule has 0 fully saturated rings. The zero-order valence-electron chi connectivity index (χ0n) is 10.2. The number of hydrogen-bond acceptors (Lipinski definition) is 5. The maximum atomic E-state index is 5.58. The van der Waals surface area contributed by atoms with Crippen LogP contribution in [0.5, 0.6) is 0 Å². The number of aromatic nitrogens is 4. The quantitative estimate of drug-likeness (QED) is 0.844. The molecule has 2 aromatic rings. The third-order valence-corrected chi connectivity index (χ3v) is 2.27. The lowest BCUT2D eigenvalue weighted by atomic mass is 10.4. The Balaban J connectivity index is 2.19. The van der Waals surface area contributed by atoms with Crippen LogP contribution < -0.4 is 11.1 Å². The molecule has 0 amide bonds. The van der Waals surface area contributed by atoms with Gasteiger partial charge >= 0.3 is 0 Å². The molecule has 90 valence electrons. The largest absolute Gasteiger partial charge is 0.368 e. The van der Waals surface area contributed by atoms with E-state index >= 15 is 0 Å². The van der Waals surface area contributed by atoms with E-state index in [0.29, 0.717) is 11.9 Å². The summed E-state index contributed by atoms with van der Waals surface area (Å²) >= 11 is 0. The number of nitrogens with two attached hydrogens (primary N) is 1. The van der Waals surface area contributed by atoms with E-state index in [1.807, 2.05) is 23.9 Å². The lowest BCUT2D eigenvalue weighted by Gasteiger charge is -2.05. The SMILES string of the molecule is Cc1cc(Nc2cnn(C(C)C)c2)nc(N)n1. The number of aryl methyl sites for hydroxylation is 1. The van der Waals surface area contributed by atoms with Gasteiger partial charge in [0, 0.05) is 24.0 Å². The fourth-order valence-corrected chi connectivity index (χ4v) is 1.49. The molecule has 3 N–H and O–H groups in total. The van der Waals surface area contributed by atoms with Crippen molar-refractivity contribution < 1.29 is 0 Å². The van der Waals surface area contributed by atoms with E-state index < -0.39 is 0 Å². The van der Waals surface area contributed by atoms with Crippen molar-refractivity contribution in [1.29, 1.82) is 0 Å². The van der Waals surface area contributed by atoms with Crippen molar-refractivity contribution in [3.8, 4) is 0 Å². The topological polar surface area (TPSA) is 81.7 Å². The van der Waals surface area contributed by atoms with Crippen LogP contribution in [0.15, 0.2) is 18.5 Å². The van der Waals surface area contributed by atoms with Gasteiger partial charge in [0.1, 0.15) is 5.82 Å². The number of anilines is 3. The highest BCUT2D eigenvalue weighted by atomic mass is 15.3. The first-order chi connectivity index (χ1) is 8.04. The van der Waals surface area contributed by atoms with Crippen molar-refractivity contribution >= 4 is 17.5 Å². The lowest BCUT2D eigenvalue weighted by molar-refractivity contribution is 0.532. The summed E-state index contributed by atoms with van der Waals surface area (Å²) in [5.41, 5.74) is 7.30. The van der Waals surface area contributed by atoms with Gasteiger partial charge in [0.2, 0.25) is 5.95 Å². The first kappa shape index (κ1) is 11.4. The van der Waals surface area contributed by atoms with Gasteiger partial charge < -0.3 is 11.1 Å². The third-order valence-electron chi connectivity index (χ3n) is 2.27. The molecule has 0 atom stereocenters. The molecule has 0 aliphatic carbocycles. The second-order valence-corrected chi connectivity index (χ2v) is 4.18. The Morgan fingerprint density at radius 1 is 1.35 bits per heavy atom. The molecule has 0 unspecified atom stereocenters. The van der Waals surface area contributed by atoms with Gasteiger partial charge in [0.05, 0.1) is 11.9 Å². The highest BCUT2D eigenvalue weighted by molar-refractivity contribution is 5.55. The van der Waals surface area contributed by atoms with E-state index in [4.69, 9.17) is 5.73 Å². The van der Waals surface area contributed by atoms with Crippen LogP contribution in [0, 0.1) is 6.92 Å². The third kappa shape index (κ3) is 2.72. The molecule has 0 saturated carbocycles. The summed E-state index contributed by atoms with van der Waals surface area (Å²) in [5, 5.41) is 7.38. The van der Waals surface area contributed by atoms with Crippen molar-refractivity contribution in [2.75, 3.05) is 11.1 Å². The smallest absolute Gasteiger partial charge is 0.222 e. The second kappa shape index (κ2) is 4.40. The molecule has 0 spiro atoms. The van der Waals surface area contributed by atoms with Gasteiger partial charge in [-0.25, -0.2) is 4.98 Å². The molecular formula is C11H16N6. The average Bonchev–Trinajstić information content (AvgIpc) is 2.64. The number of nitrogen functional groups attached to an aromatic ring is 1. The molecule has 17 heavy (non-hydrogen) atoms. The fourth-order valence-electron chi connectivity index (χ4n) is 1.49. The monoisotopic (exact) mass is 232 g/mol. The van der Waals surface area contributed by atoms with Crippen molar-refractivity contribution in [2.45, 2.75) is 26.8 Å². The maximum Gasteiger partial charge on any atom is 0.222 e. The van der Waals surface area contributed by atoms with E-state index in [2.05, 4.69) is 34.2 Å². The van der Waals surface area contributed by atoms with Crippen LogP contribution in [0.4, 0.5) is 17.5 Å². The van der Waals surface area contributed by atoms with E-state index in [-0.39, 0.29) is 5.95 Å². The Labute approximate surface area is 99.9 Å². The van der Waals surface area contributed by atoms with E-state index in [0.717, 1.165) is 11.4 Å². The van der Waals surface area contributed by atoms with Gasteiger partial charge in [-0.05, 0) is 20.8 Å². The van der Waals surface area contributed by atoms with Crippen LogP contribution in [-0.2, 0) is 0 Å². The van der Waals surface area contributed by atoms with Crippen molar-refractivity contribution in [2.24, 2.45) is 0 Å². The number of nitrogens with one attached hydrogen (secondary N) is 1. The fraction of sp³-hybridized carbons (Fsp3) is 0.364. The average molecular weight is 232 g/mol. The summed E-state index contributed by atoms with van der Waals surface area (Å²) in [4.78, 5) is 8.12. The molecule has 2 rings (SSSR count). The summed E-state index contributed by atoms with van der Waals surface area (Å²) in [6.45, 7) is 6.02. The van der Waals surface area contributed by atoms with Gasteiger partial charge in [0.25, 0.3) is 0 Å². The molecule has 0 aliphatic rings. The predicted molar refractivity (Wildman–Crippen MR) is 67.1 cm³/mol. The van der Waals surface area contributed by atoms with E-state index in [1.165, 1.54) is 0 Å². The highest BCUT2D eigenvalue weighted by Gasteiger charge is 2.04. The molecule has 0 radical (unpaired) electrons. The van der Waals surface area contributed by atoms with Gasteiger partial charge in [-0.2, -0.15) is 10.1 Å². The Kier molecular flexibility index (Phi) is 2.95. The van der Waals surface area contributed by atoms with Crippen LogP contribution in [0.3, 0.4) is 0 Å². The van der Waals surface area contributed by atoms with Crippen LogP contribution in [0.1, 0.15) is 25.6 Å². The first-order valence-corrected chi connectivity index (χ1v) is 5.47. The Hall–Kier alpha value is -2.11. The lowest BCUT2D eigenvalue weighted by Crippen LogP contribution is -2.01. The number of hydrogen-bond donors (Lipinski definition) is 2. The van der Waals surface area contributed by atoms with Gasteiger partial charge in [0.15, 0.2) is 0 Å². The summed E-state index contributed by atoms with van der Waals surface area (Å²) in [6, 6.07) is 2.17. The number of rotatable bonds is 3. The molecule has 6 heteroatoms. The van der Waals surface area contributed by atoms with Crippen molar-refractivity contribution in [3.63, 3.8) is 0 Å². The summed E-state index contributed by atoms with van der Waals surface area (Å²) in [6.07, 6.45) is 3.69. The minimum atomic E-state index is 0.267. The molecule has 0 aromatic carbocycles.